The monoisotopic (exact) mass is 460 g/mol. The normalized spacial score (nSPS) is 11.4. The van der Waals surface area contributed by atoms with Crippen LogP contribution in [-0.4, -0.2) is 45.4 Å². The number of carbonyl (C=O) groups is 1. The molecule has 0 aliphatic carbocycles. The number of carbonyl (C=O) groups excluding carboxylic acids is 1. The number of nitrogens with zero attached hydrogens (tertiary/aromatic N) is 4. The van der Waals surface area contributed by atoms with Gasteiger partial charge in [-0.15, -0.1) is 18.3 Å². The lowest BCUT2D eigenvalue weighted by Crippen LogP contribution is -2.37. The zero-order valence-corrected chi connectivity index (χ0v) is 18.5. The van der Waals surface area contributed by atoms with Gasteiger partial charge in [-0.25, -0.2) is 4.79 Å². The van der Waals surface area contributed by atoms with Crippen molar-refractivity contribution in [3.05, 3.63) is 66.4 Å². The predicted octanol–water partition coefficient (Wildman–Crippen LogP) is 5.94. The minimum absolute atomic E-state index is 0.279. The largest absolute Gasteiger partial charge is 0.573 e. The SMILES string of the molecule is CCCCCCN(CCc1ccccc1)C(=O)n1cc(-c2ccc(OC(F)(F)F)cc2)nn1. The maximum absolute atomic E-state index is 13.1. The summed E-state index contributed by atoms with van der Waals surface area (Å²) in [6, 6.07) is 14.9. The Morgan fingerprint density at radius 3 is 2.39 bits per heavy atom. The summed E-state index contributed by atoms with van der Waals surface area (Å²) in [5.41, 5.74) is 2.06. The second-order valence-corrected chi connectivity index (χ2v) is 7.69. The van der Waals surface area contributed by atoms with Crippen molar-refractivity contribution in [2.24, 2.45) is 0 Å². The maximum Gasteiger partial charge on any atom is 0.573 e. The topological polar surface area (TPSA) is 60.2 Å². The van der Waals surface area contributed by atoms with Crippen molar-refractivity contribution in [3.8, 4) is 17.0 Å². The molecule has 1 heterocycles. The Balaban J connectivity index is 1.69. The van der Waals surface area contributed by atoms with E-state index in [9.17, 15) is 18.0 Å². The highest BCUT2D eigenvalue weighted by Crippen LogP contribution is 2.25. The predicted molar refractivity (Wildman–Crippen MR) is 119 cm³/mol. The van der Waals surface area contributed by atoms with Crippen molar-refractivity contribution < 1.29 is 22.7 Å². The van der Waals surface area contributed by atoms with Crippen LogP contribution in [-0.2, 0) is 6.42 Å². The molecule has 0 radical (unpaired) electrons. The van der Waals surface area contributed by atoms with Crippen LogP contribution in [0.5, 0.6) is 5.75 Å². The number of amides is 1. The quantitative estimate of drug-likeness (QED) is 0.352. The first kappa shape index (κ1) is 24.3. The second-order valence-electron chi connectivity index (χ2n) is 7.69. The van der Waals surface area contributed by atoms with Gasteiger partial charge in [0.1, 0.15) is 11.4 Å². The highest BCUT2D eigenvalue weighted by atomic mass is 19.4. The van der Waals surface area contributed by atoms with E-state index in [1.807, 2.05) is 30.3 Å². The van der Waals surface area contributed by atoms with Crippen molar-refractivity contribution >= 4 is 6.03 Å². The zero-order chi connectivity index (χ0) is 23.7. The summed E-state index contributed by atoms with van der Waals surface area (Å²) in [6.45, 7) is 3.30. The van der Waals surface area contributed by atoms with Gasteiger partial charge in [-0.2, -0.15) is 4.68 Å². The zero-order valence-electron chi connectivity index (χ0n) is 18.5. The third-order valence-corrected chi connectivity index (χ3v) is 5.14. The van der Waals surface area contributed by atoms with Crippen LogP contribution in [0.25, 0.3) is 11.3 Å². The molecule has 176 valence electrons. The molecule has 3 aromatic rings. The number of benzene rings is 2. The average molecular weight is 461 g/mol. The standard InChI is InChI=1S/C24H27F3N4O2/c1-2-3-4-8-16-30(17-15-19-9-6-5-7-10-19)23(32)31-18-22(28-29-31)20-11-13-21(14-12-20)33-24(25,26)27/h5-7,9-14,18H,2-4,8,15-17H2,1H3. The molecule has 0 aliphatic heterocycles. The molecule has 0 saturated heterocycles. The van der Waals surface area contributed by atoms with Crippen LogP contribution in [0.2, 0.25) is 0 Å². The Bertz CT molecular complexity index is 1000. The molecule has 0 atom stereocenters. The number of rotatable bonds is 10. The first-order chi connectivity index (χ1) is 15.9. The summed E-state index contributed by atoms with van der Waals surface area (Å²) < 4.78 is 42.1. The molecule has 0 spiro atoms. The highest BCUT2D eigenvalue weighted by molar-refractivity contribution is 5.77. The number of alkyl halides is 3. The third-order valence-electron chi connectivity index (χ3n) is 5.14. The number of ether oxygens (including phenoxy) is 1. The molecule has 3 rings (SSSR count). The number of hydrogen-bond donors (Lipinski definition) is 0. The van der Waals surface area contributed by atoms with Crippen LogP contribution in [0.1, 0.15) is 38.2 Å². The first-order valence-electron chi connectivity index (χ1n) is 11.0. The Kier molecular flexibility index (Phi) is 8.46. The Morgan fingerprint density at radius 2 is 1.73 bits per heavy atom. The smallest absolute Gasteiger partial charge is 0.406 e. The van der Waals surface area contributed by atoms with Gasteiger partial charge >= 0.3 is 12.4 Å². The second kappa shape index (κ2) is 11.5. The van der Waals surface area contributed by atoms with Gasteiger partial charge in [-0.05, 0) is 42.7 Å². The summed E-state index contributed by atoms with van der Waals surface area (Å²) in [5.74, 6) is -0.325. The van der Waals surface area contributed by atoms with E-state index >= 15 is 0 Å². The Labute approximate surface area is 191 Å². The van der Waals surface area contributed by atoms with Gasteiger partial charge in [0.05, 0.1) is 6.20 Å². The molecule has 0 N–H and O–H groups in total. The van der Waals surface area contributed by atoms with E-state index in [0.717, 1.165) is 37.7 Å². The van der Waals surface area contributed by atoms with E-state index < -0.39 is 6.36 Å². The van der Waals surface area contributed by atoms with E-state index in [-0.39, 0.29) is 11.8 Å². The molecular weight excluding hydrogens is 433 g/mol. The van der Waals surface area contributed by atoms with E-state index in [4.69, 9.17) is 0 Å². The molecule has 33 heavy (non-hydrogen) atoms. The molecule has 1 amide bonds. The molecule has 1 aromatic heterocycles. The molecular formula is C24H27F3N4O2. The summed E-state index contributed by atoms with van der Waals surface area (Å²) in [7, 11) is 0. The lowest BCUT2D eigenvalue weighted by Gasteiger charge is -2.22. The summed E-state index contributed by atoms with van der Waals surface area (Å²) in [4.78, 5) is 14.9. The molecule has 6 nitrogen and oxygen atoms in total. The summed E-state index contributed by atoms with van der Waals surface area (Å²) >= 11 is 0. The molecule has 0 fully saturated rings. The van der Waals surface area contributed by atoms with Crippen LogP contribution in [0, 0.1) is 0 Å². The van der Waals surface area contributed by atoms with E-state index in [1.54, 1.807) is 4.90 Å². The molecule has 0 aliphatic rings. The number of aromatic nitrogens is 3. The van der Waals surface area contributed by atoms with Gasteiger partial charge in [0.2, 0.25) is 0 Å². The van der Waals surface area contributed by atoms with Gasteiger partial charge in [0, 0.05) is 18.7 Å². The van der Waals surface area contributed by atoms with E-state index in [2.05, 4.69) is 22.0 Å². The number of halogens is 3. The lowest BCUT2D eigenvalue weighted by molar-refractivity contribution is -0.274. The fourth-order valence-electron chi connectivity index (χ4n) is 3.40. The van der Waals surface area contributed by atoms with Crippen LogP contribution in [0.15, 0.2) is 60.8 Å². The van der Waals surface area contributed by atoms with Crippen LogP contribution in [0.3, 0.4) is 0 Å². The molecule has 9 heteroatoms. The maximum atomic E-state index is 13.1. The third kappa shape index (κ3) is 7.62. The van der Waals surface area contributed by atoms with Crippen LogP contribution >= 0.6 is 0 Å². The van der Waals surface area contributed by atoms with Crippen molar-refractivity contribution in [2.75, 3.05) is 13.1 Å². The van der Waals surface area contributed by atoms with Gasteiger partial charge in [0.25, 0.3) is 0 Å². The van der Waals surface area contributed by atoms with E-state index in [1.165, 1.54) is 35.1 Å². The molecule has 0 bridgehead atoms. The molecule has 2 aromatic carbocycles. The Hall–Kier alpha value is -3.36. The van der Waals surface area contributed by atoms with E-state index in [0.29, 0.717) is 24.3 Å². The fourth-order valence-corrected chi connectivity index (χ4v) is 3.40. The average Bonchev–Trinajstić information content (AvgIpc) is 3.29. The Morgan fingerprint density at radius 1 is 1.00 bits per heavy atom. The summed E-state index contributed by atoms with van der Waals surface area (Å²) in [6.07, 6.45) is 1.63. The van der Waals surface area contributed by atoms with Crippen LogP contribution < -0.4 is 4.74 Å². The molecule has 0 unspecified atom stereocenters. The minimum atomic E-state index is -4.75. The fraction of sp³-hybridized carbons (Fsp3) is 0.375. The van der Waals surface area contributed by atoms with Gasteiger partial charge < -0.3 is 9.64 Å². The molecule has 0 saturated carbocycles. The van der Waals surface area contributed by atoms with Gasteiger partial charge in [0.15, 0.2) is 0 Å². The van der Waals surface area contributed by atoms with Crippen molar-refractivity contribution in [2.45, 2.75) is 45.4 Å². The van der Waals surface area contributed by atoms with Crippen molar-refractivity contribution in [1.29, 1.82) is 0 Å². The lowest BCUT2D eigenvalue weighted by atomic mass is 10.1. The van der Waals surface area contributed by atoms with Crippen molar-refractivity contribution in [3.63, 3.8) is 0 Å². The van der Waals surface area contributed by atoms with Crippen molar-refractivity contribution in [1.82, 2.24) is 19.9 Å². The number of unbranched alkanes of at least 4 members (excludes halogenated alkanes) is 3. The first-order valence-corrected chi connectivity index (χ1v) is 11.0. The summed E-state index contributed by atoms with van der Waals surface area (Å²) in [5, 5.41) is 7.98. The minimum Gasteiger partial charge on any atom is -0.406 e. The van der Waals surface area contributed by atoms with Gasteiger partial charge in [-0.3, -0.25) is 0 Å². The van der Waals surface area contributed by atoms with Crippen LogP contribution in [0.4, 0.5) is 18.0 Å². The number of hydrogen-bond acceptors (Lipinski definition) is 4. The highest BCUT2D eigenvalue weighted by Gasteiger charge is 2.31. The van der Waals surface area contributed by atoms with Gasteiger partial charge in [-0.1, -0.05) is 61.7 Å².